The summed E-state index contributed by atoms with van der Waals surface area (Å²) >= 11 is 1.89. The summed E-state index contributed by atoms with van der Waals surface area (Å²) in [4.78, 5) is 14.9. The van der Waals surface area contributed by atoms with Crippen LogP contribution in [0.5, 0.6) is 0 Å². The molecule has 0 radical (unpaired) electrons. The fraction of sp³-hybridized carbons (Fsp3) is 0.667. The van der Waals surface area contributed by atoms with E-state index in [0.29, 0.717) is 6.04 Å². The van der Waals surface area contributed by atoms with E-state index in [1.165, 1.54) is 73.8 Å². The Bertz CT molecular complexity index is 741. The van der Waals surface area contributed by atoms with Gasteiger partial charge >= 0.3 is 0 Å². The lowest BCUT2D eigenvalue weighted by molar-refractivity contribution is 0.210. The molecule has 3 aliphatic rings. The summed E-state index contributed by atoms with van der Waals surface area (Å²) in [7, 11) is 0. The van der Waals surface area contributed by atoms with E-state index in [9.17, 15) is 0 Å². The maximum atomic E-state index is 4.78. The maximum absolute atomic E-state index is 4.78. The SMILES string of the molecule is Cc1nc(NC2CCN(C3CC3)CC2)c2c3c(sc2n1)CCC3. The van der Waals surface area contributed by atoms with E-state index in [1.807, 2.05) is 18.3 Å². The van der Waals surface area contributed by atoms with E-state index >= 15 is 0 Å². The Morgan fingerprint density at radius 3 is 2.70 bits per heavy atom. The molecule has 122 valence electrons. The van der Waals surface area contributed by atoms with Crippen molar-refractivity contribution in [2.45, 2.75) is 64.0 Å². The fourth-order valence-electron chi connectivity index (χ4n) is 4.25. The average molecular weight is 328 g/mol. The number of hydrogen-bond donors (Lipinski definition) is 1. The molecule has 0 spiro atoms. The lowest BCUT2D eigenvalue weighted by Gasteiger charge is -2.32. The van der Waals surface area contributed by atoms with Gasteiger partial charge in [-0.05, 0) is 57.4 Å². The third-order valence-corrected chi connectivity index (χ3v) is 6.80. The minimum Gasteiger partial charge on any atom is -0.367 e. The molecule has 0 amide bonds. The topological polar surface area (TPSA) is 41.1 Å². The summed E-state index contributed by atoms with van der Waals surface area (Å²) in [6.07, 6.45) is 9.06. The second-order valence-corrected chi connectivity index (χ2v) is 8.43. The zero-order valence-corrected chi connectivity index (χ0v) is 14.6. The van der Waals surface area contributed by atoms with Gasteiger partial charge in [0.25, 0.3) is 0 Å². The summed E-state index contributed by atoms with van der Waals surface area (Å²) in [5, 5.41) is 5.12. The van der Waals surface area contributed by atoms with Crippen molar-refractivity contribution in [3.63, 3.8) is 0 Å². The number of rotatable bonds is 3. The third-order valence-electron chi connectivity index (χ3n) is 5.61. The highest BCUT2D eigenvalue weighted by Gasteiger charge is 2.32. The first-order valence-electron chi connectivity index (χ1n) is 9.07. The Hall–Kier alpha value is -1.20. The Labute approximate surface area is 141 Å². The van der Waals surface area contributed by atoms with Crippen molar-refractivity contribution in [1.82, 2.24) is 14.9 Å². The molecule has 2 fully saturated rings. The Balaban J connectivity index is 1.41. The number of nitrogens with one attached hydrogen (secondary N) is 1. The van der Waals surface area contributed by atoms with Gasteiger partial charge in [-0.3, -0.25) is 0 Å². The molecule has 0 bridgehead atoms. The van der Waals surface area contributed by atoms with Gasteiger partial charge in [-0.1, -0.05) is 0 Å². The largest absolute Gasteiger partial charge is 0.367 e. The first-order chi connectivity index (χ1) is 11.3. The molecule has 1 saturated heterocycles. The van der Waals surface area contributed by atoms with E-state index in [0.717, 1.165) is 17.7 Å². The summed E-state index contributed by atoms with van der Waals surface area (Å²) in [6.45, 7) is 4.51. The number of aryl methyl sites for hydroxylation is 3. The minimum atomic E-state index is 0.569. The highest BCUT2D eigenvalue weighted by Crippen LogP contribution is 2.40. The molecule has 1 aliphatic heterocycles. The van der Waals surface area contributed by atoms with Gasteiger partial charge in [-0.25, -0.2) is 9.97 Å². The number of nitrogens with zero attached hydrogens (tertiary/aromatic N) is 3. The number of fused-ring (bicyclic) bond motifs is 3. The van der Waals surface area contributed by atoms with Crippen LogP contribution in [-0.2, 0) is 12.8 Å². The van der Waals surface area contributed by atoms with E-state index in [4.69, 9.17) is 9.97 Å². The van der Waals surface area contributed by atoms with Crippen LogP contribution in [-0.4, -0.2) is 40.0 Å². The summed E-state index contributed by atoms with van der Waals surface area (Å²) in [5.41, 5.74) is 1.53. The molecule has 3 heterocycles. The first kappa shape index (κ1) is 14.2. The van der Waals surface area contributed by atoms with Gasteiger partial charge in [0.15, 0.2) is 0 Å². The lowest BCUT2D eigenvalue weighted by Crippen LogP contribution is -2.40. The number of aromatic nitrogens is 2. The van der Waals surface area contributed by atoms with Gasteiger partial charge < -0.3 is 10.2 Å². The Morgan fingerprint density at radius 1 is 1.09 bits per heavy atom. The molecule has 0 unspecified atom stereocenters. The number of hydrogen-bond acceptors (Lipinski definition) is 5. The van der Waals surface area contributed by atoms with E-state index in [1.54, 1.807) is 4.88 Å². The van der Waals surface area contributed by atoms with Crippen LogP contribution in [0.1, 0.15) is 48.4 Å². The number of piperidine rings is 1. The van der Waals surface area contributed by atoms with Crippen molar-refractivity contribution in [1.29, 1.82) is 0 Å². The van der Waals surface area contributed by atoms with Gasteiger partial charge in [-0.2, -0.15) is 0 Å². The molecular weight excluding hydrogens is 304 g/mol. The average Bonchev–Trinajstić information content (AvgIpc) is 3.19. The van der Waals surface area contributed by atoms with Crippen molar-refractivity contribution < 1.29 is 0 Å². The van der Waals surface area contributed by atoms with Gasteiger partial charge in [-0.15, -0.1) is 11.3 Å². The van der Waals surface area contributed by atoms with E-state index in [-0.39, 0.29) is 0 Å². The van der Waals surface area contributed by atoms with E-state index < -0.39 is 0 Å². The van der Waals surface area contributed by atoms with Crippen molar-refractivity contribution >= 4 is 27.4 Å². The second kappa shape index (κ2) is 5.42. The Morgan fingerprint density at radius 2 is 1.91 bits per heavy atom. The molecule has 4 nitrogen and oxygen atoms in total. The van der Waals surface area contributed by atoms with Crippen LogP contribution in [0.4, 0.5) is 5.82 Å². The minimum absolute atomic E-state index is 0.569. The molecule has 5 rings (SSSR count). The van der Waals surface area contributed by atoms with Gasteiger partial charge in [0.05, 0.1) is 5.39 Å². The number of thiophene rings is 1. The monoisotopic (exact) mass is 328 g/mol. The van der Waals surface area contributed by atoms with E-state index in [2.05, 4.69) is 10.2 Å². The smallest absolute Gasteiger partial charge is 0.139 e. The van der Waals surface area contributed by atoms with Crippen LogP contribution in [0, 0.1) is 6.92 Å². The van der Waals surface area contributed by atoms with Crippen molar-refractivity contribution in [3.8, 4) is 0 Å². The van der Waals surface area contributed by atoms with Crippen LogP contribution < -0.4 is 5.32 Å². The third kappa shape index (κ3) is 2.54. The van der Waals surface area contributed by atoms with Crippen LogP contribution >= 0.6 is 11.3 Å². The molecule has 1 saturated carbocycles. The van der Waals surface area contributed by atoms with Crippen LogP contribution in [0.25, 0.3) is 10.2 Å². The first-order valence-corrected chi connectivity index (χ1v) is 9.89. The molecule has 2 aliphatic carbocycles. The number of likely N-dealkylation sites (tertiary alicyclic amines) is 1. The predicted octanol–water partition coefficient (Wildman–Crippen LogP) is 3.53. The predicted molar refractivity (Wildman–Crippen MR) is 95.4 cm³/mol. The molecule has 0 atom stereocenters. The highest BCUT2D eigenvalue weighted by atomic mass is 32.1. The van der Waals surface area contributed by atoms with Crippen molar-refractivity contribution in [2.24, 2.45) is 0 Å². The van der Waals surface area contributed by atoms with Crippen LogP contribution in [0.3, 0.4) is 0 Å². The van der Waals surface area contributed by atoms with Gasteiger partial charge in [0.1, 0.15) is 16.5 Å². The molecule has 2 aromatic heterocycles. The summed E-state index contributed by atoms with van der Waals surface area (Å²) in [5.74, 6) is 2.01. The summed E-state index contributed by atoms with van der Waals surface area (Å²) < 4.78 is 0. The zero-order valence-electron chi connectivity index (χ0n) is 13.8. The summed E-state index contributed by atoms with van der Waals surface area (Å²) in [6, 6.07) is 1.48. The van der Waals surface area contributed by atoms with Crippen LogP contribution in [0.2, 0.25) is 0 Å². The lowest BCUT2D eigenvalue weighted by atomic mass is 10.0. The zero-order chi connectivity index (χ0) is 15.4. The Kier molecular flexibility index (Phi) is 3.34. The van der Waals surface area contributed by atoms with Gasteiger partial charge in [0, 0.05) is 30.1 Å². The molecular formula is C18H24N4S. The quantitative estimate of drug-likeness (QED) is 0.936. The molecule has 1 N–H and O–H groups in total. The molecule has 23 heavy (non-hydrogen) atoms. The highest BCUT2D eigenvalue weighted by molar-refractivity contribution is 7.19. The van der Waals surface area contributed by atoms with Crippen molar-refractivity contribution in [2.75, 3.05) is 18.4 Å². The molecule has 5 heteroatoms. The number of anilines is 1. The van der Waals surface area contributed by atoms with Crippen LogP contribution in [0.15, 0.2) is 0 Å². The van der Waals surface area contributed by atoms with Gasteiger partial charge in [0.2, 0.25) is 0 Å². The fourth-order valence-corrected chi connectivity index (χ4v) is 5.56. The normalized spacial score (nSPS) is 22.7. The molecule has 0 aromatic carbocycles. The second-order valence-electron chi connectivity index (χ2n) is 7.34. The standard InChI is InChI=1S/C18H24N4S/c1-11-19-17(16-14-3-2-4-15(14)23-18(16)20-11)21-12-7-9-22(10-8-12)13-5-6-13/h12-13H,2-10H2,1H3,(H,19,20,21). The molecule has 2 aromatic rings. The van der Waals surface area contributed by atoms with Crippen molar-refractivity contribution in [3.05, 3.63) is 16.3 Å². The maximum Gasteiger partial charge on any atom is 0.139 e.